The van der Waals surface area contributed by atoms with Gasteiger partial charge >= 0.3 is 0 Å². The van der Waals surface area contributed by atoms with Crippen molar-refractivity contribution in [3.8, 4) is 11.5 Å². The number of nitrogens with one attached hydrogen (secondary N) is 1. The van der Waals surface area contributed by atoms with Crippen LogP contribution in [0.3, 0.4) is 0 Å². The summed E-state index contributed by atoms with van der Waals surface area (Å²) >= 11 is 0. The molecule has 1 atom stereocenters. The summed E-state index contributed by atoms with van der Waals surface area (Å²) in [6.45, 7) is 6.25. The number of benzene rings is 2. The number of amides is 1. The predicted octanol–water partition coefficient (Wildman–Crippen LogP) is 3.52. The Kier molecular flexibility index (Phi) is 8.04. The Morgan fingerprint density at radius 1 is 0.966 bits per heavy atom. The molecule has 2 rings (SSSR count). The fourth-order valence-corrected chi connectivity index (χ4v) is 4.24. The van der Waals surface area contributed by atoms with Crippen molar-refractivity contribution in [2.75, 3.05) is 25.5 Å². The highest BCUT2D eigenvalue weighted by Crippen LogP contribution is 2.21. The first-order valence-electron chi connectivity index (χ1n) is 9.57. The van der Waals surface area contributed by atoms with Crippen molar-refractivity contribution in [3.63, 3.8) is 0 Å². The first kappa shape index (κ1) is 22.7. The first-order valence-corrected chi connectivity index (χ1v) is 11.0. The van der Waals surface area contributed by atoms with Crippen LogP contribution >= 0.6 is 0 Å². The van der Waals surface area contributed by atoms with Gasteiger partial charge in [0.1, 0.15) is 11.5 Å². The van der Waals surface area contributed by atoms with Crippen molar-refractivity contribution in [1.82, 2.24) is 4.31 Å². The summed E-state index contributed by atoms with van der Waals surface area (Å²) in [5.41, 5.74) is 0.505. The van der Waals surface area contributed by atoms with Crippen LogP contribution < -0.4 is 14.8 Å². The standard InChI is InChI=1S/C21H28N2O5S/c1-5-20(28-18-12-10-17(27-4)11-13-18)21(24)22-16-8-14-19(15-9-16)29(25,26)23(6-2)7-3/h8-15,20H,5-7H2,1-4H3,(H,22,24). The maximum Gasteiger partial charge on any atom is 0.265 e. The van der Waals surface area contributed by atoms with Crippen molar-refractivity contribution >= 4 is 21.6 Å². The van der Waals surface area contributed by atoms with E-state index >= 15 is 0 Å². The smallest absolute Gasteiger partial charge is 0.265 e. The predicted molar refractivity (Wildman–Crippen MR) is 113 cm³/mol. The number of methoxy groups -OCH3 is 1. The third kappa shape index (κ3) is 5.71. The van der Waals surface area contributed by atoms with Gasteiger partial charge in [-0.3, -0.25) is 4.79 Å². The van der Waals surface area contributed by atoms with Crippen molar-refractivity contribution < 1.29 is 22.7 Å². The van der Waals surface area contributed by atoms with E-state index in [1.165, 1.54) is 16.4 Å². The number of carbonyl (C=O) groups is 1. The molecule has 0 aliphatic carbocycles. The number of nitrogens with zero attached hydrogens (tertiary/aromatic N) is 1. The van der Waals surface area contributed by atoms with E-state index in [2.05, 4.69) is 5.32 Å². The average molecular weight is 421 g/mol. The van der Waals surface area contributed by atoms with E-state index in [4.69, 9.17) is 9.47 Å². The van der Waals surface area contributed by atoms with Crippen LogP contribution in [0.15, 0.2) is 53.4 Å². The molecule has 0 aliphatic heterocycles. The minimum Gasteiger partial charge on any atom is -0.497 e. The van der Waals surface area contributed by atoms with E-state index in [0.717, 1.165) is 0 Å². The topological polar surface area (TPSA) is 84.9 Å². The van der Waals surface area contributed by atoms with Crippen LogP contribution in [-0.4, -0.2) is 44.9 Å². The number of sulfonamides is 1. The van der Waals surface area contributed by atoms with Gasteiger partial charge in [0.2, 0.25) is 10.0 Å². The molecule has 0 radical (unpaired) electrons. The molecule has 2 aromatic rings. The fraction of sp³-hybridized carbons (Fsp3) is 0.381. The minimum atomic E-state index is -3.53. The van der Waals surface area contributed by atoms with Gasteiger partial charge in [0.25, 0.3) is 5.91 Å². The second-order valence-corrected chi connectivity index (χ2v) is 8.23. The molecular weight excluding hydrogens is 392 g/mol. The van der Waals surface area contributed by atoms with Crippen molar-refractivity contribution in [1.29, 1.82) is 0 Å². The van der Waals surface area contributed by atoms with Crippen LogP contribution in [0.2, 0.25) is 0 Å². The molecule has 0 aromatic heterocycles. The number of anilines is 1. The Morgan fingerprint density at radius 3 is 2.00 bits per heavy atom. The van der Waals surface area contributed by atoms with Gasteiger partial charge in [-0.15, -0.1) is 0 Å². The highest BCUT2D eigenvalue weighted by Gasteiger charge is 2.22. The van der Waals surface area contributed by atoms with E-state index in [-0.39, 0.29) is 10.8 Å². The summed E-state index contributed by atoms with van der Waals surface area (Å²) in [6, 6.07) is 13.1. The summed E-state index contributed by atoms with van der Waals surface area (Å²) in [5.74, 6) is 0.964. The molecule has 0 fully saturated rings. The molecule has 0 saturated carbocycles. The highest BCUT2D eigenvalue weighted by atomic mass is 32.2. The average Bonchev–Trinajstić information content (AvgIpc) is 2.73. The quantitative estimate of drug-likeness (QED) is 0.636. The maximum absolute atomic E-state index is 12.6. The molecule has 0 saturated heterocycles. The monoisotopic (exact) mass is 420 g/mol. The lowest BCUT2D eigenvalue weighted by atomic mass is 10.2. The molecule has 1 N–H and O–H groups in total. The number of rotatable bonds is 10. The Labute approximate surface area is 172 Å². The van der Waals surface area contributed by atoms with Crippen molar-refractivity contribution in [3.05, 3.63) is 48.5 Å². The molecule has 0 bridgehead atoms. The number of hydrogen-bond acceptors (Lipinski definition) is 5. The summed E-state index contributed by atoms with van der Waals surface area (Å²) in [5, 5.41) is 2.77. The SMILES string of the molecule is CCC(Oc1ccc(OC)cc1)C(=O)Nc1ccc(S(=O)(=O)N(CC)CC)cc1. The second-order valence-electron chi connectivity index (χ2n) is 6.29. The van der Waals surface area contributed by atoms with Crippen LogP contribution in [0, 0.1) is 0 Å². The van der Waals surface area contributed by atoms with Gasteiger partial charge in [-0.05, 0) is 55.0 Å². The van der Waals surface area contributed by atoms with Gasteiger partial charge in [0.15, 0.2) is 6.10 Å². The van der Waals surface area contributed by atoms with Crippen LogP contribution in [0.25, 0.3) is 0 Å². The zero-order valence-electron chi connectivity index (χ0n) is 17.2. The second kappa shape index (κ2) is 10.3. The van der Waals surface area contributed by atoms with Gasteiger partial charge in [-0.1, -0.05) is 20.8 Å². The lowest BCUT2D eigenvalue weighted by Crippen LogP contribution is -2.32. The lowest BCUT2D eigenvalue weighted by Gasteiger charge is -2.19. The van der Waals surface area contributed by atoms with Crippen LogP contribution in [-0.2, 0) is 14.8 Å². The molecular formula is C21H28N2O5S. The number of hydrogen-bond donors (Lipinski definition) is 1. The molecule has 8 heteroatoms. The molecule has 0 heterocycles. The zero-order chi connectivity index (χ0) is 21.4. The van der Waals surface area contributed by atoms with Crippen LogP contribution in [0.4, 0.5) is 5.69 Å². The Morgan fingerprint density at radius 2 is 1.52 bits per heavy atom. The Hall–Kier alpha value is -2.58. The van der Waals surface area contributed by atoms with Crippen LogP contribution in [0.5, 0.6) is 11.5 Å². The molecule has 1 amide bonds. The Balaban J connectivity index is 2.06. The number of carbonyl (C=O) groups excluding carboxylic acids is 1. The molecule has 29 heavy (non-hydrogen) atoms. The minimum absolute atomic E-state index is 0.195. The third-order valence-electron chi connectivity index (χ3n) is 4.47. The molecule has 0 spiro atoms. The van der Waals surface area contributed by atoms with E-state index in [9.17, 15) is 13.2 Å². The van der Waals surface area contributed by atoms with Gasteiger partial charge in [0.05, 0.1) is 12.0 Å². The molecule has 1 unspecified atom stereocenters. The summed E-state index contributed by atoms with van der Waals surface area (Å²) < 4.78 is 37.3. The van der Waals surface area contributed by atoms with Gasteiger partial charge in [-0.25, -0.2) is 8.42 Å². The first-order chi connectivity index (χ1) is 13.8. The summed E-state index contributed by atoms with van der Waals surface area (Å²) in [6.07, 6.45) is -0.200. The van der Waals surface area contributed by atoms with E-state index in [0.29, 0.717) is 36.7 Å². The highest BCUT2D eigenvalue weighted by molar-refractivity contribution is 7.89. The summed E-state index contributed by atoms with van der Waals surface area (Å²) in [7, 11) is -1.95. The molecule has 2 aromatic carbocycles. The van der Waals surface area contributed by atoms with Gasteiger partial charge < -0.3 is 14.8 Å². The fourth-order valence-electron chi connectivity index (χ4n) is 2.79. The normalized spacial score (nSPS) is 12.4. The summed E-state index contributed by atoms with van der Waals surface area (Å²) in [4.78, 5) is 12.8. The maximum atomic E-state index is 12.6. The molecule has 7 nitrogen and oxygen atoms in total. The van der Waals surface area contributed by atoms with Crippen molar-refractivity contribution in [2.45, 2.75) is 38.2 Å². The Bertz CT molecular complexity index is 892. The number of ether oxygens (including phenoxy) is 2. The van der Waals surface area contributed by atoms with Crippen molar-refractivity contribution in [2.24, 2.45) is 0 Å². The molecule has 0 aliphatic rings. The van der Waals surface area contributed by atoms with E-state index in [1.54, 1.807) is 57.4 Å². The van der Waals surface area contributed by atoms with E-state index in [1.807, 2.05) is 6.92 Å². The largest absolute Gasteiger partial charge is 0.497 e. The molecule has 158 valence electrons. The van der Waals surface area contributed by atoms with Gasteiger partial charge in [0, 0.05) is 18.8 Å². The lowest BCUT2D eigenvalue weighted by molar-refractivity contribution is -0.122. The zero-order valence-corrected chi connectivity index (χ0v) is 18.0. The van der Waals surface area contributed by atoms with Crippen LogP contribution in [0.1, 0.15) is 27.2 Å². The third-order valence-corrected chi connectivity index (χ3v) is 6.53. The van der Waals surface area contributed by atoms with E-state index < -0.39 is 16.1 Å². The van der Waals surface area contributed by atoms with Gasteiger partial charge in [-0.2, -0.15) is 4.31 Å².